The van der Waals surface area contributed by atoms with E-state index in [1.54, 1.807) is 48.5 Å². The van der Waals surface area contributed by atoms with Gasteiger partial charge in [-0.05, 0) is 42.5 Å². The monoisotopic (exact) mass is 476 g/mol. The first kappa shape index (κ1) is 22.9. The molecule has 4 rings (SSSR count). The van der Waals surface area contributed by atoms with Crippen LogP contribution in [0.5, 0.6) is 5.75 Å². The van der Waals surface area contributed by atoms with Crippen molar-refractivity contribution in [3.05, 3.63) is 101 Å². The van der Waals surface area contributed by atoms with Gasteiger partial charge in [-0.3, -0.25) is 4.79 Å². The van der Waals surface area contributed by atoms with Gasteiger partial charge in [-0.2, -0.15) is 12.8 Å². The second-order valence-electron chi connectivity index (χ2n) is 7.22. The molecule has 0 bridgehead atoms. The molecular formula is C25H20N2O6S. The summed E-state index contributed by atoms with van der Waals surface area (Å²) in [5.74, 6) is -0.435. The van der Waals surface area contributed by atoms with Crippen LogP contribution in [-0.4, -0.2) is 40.1 Å². The number of anilines is 1. The average molecular weight is 477 g/mol. The summed E-state index contributed by atoms with van der Waals surface area (Å²) < 4.78 is 39.9. The maximum atomic E-state index is 13.2. The first-order valence-electron chi connectivity index (χ1n) is 10.1. The number of ether oxygens (including phenoxy) is 2. The molecule has 1 N–H and O–H groups in total. The number of rotatable bonds is 6. The lowest BCUT2D eigenvalue weighted by Gasteiger charge is -2.19. The third-order valence-corrected chi connectivity index (χ3v) is 6.46. The lowest BCUT2D eigenvalue weighted by atomic mass is 9.92. The van der Waals surface area contributed by atoms with Crippen LogP contribution in [0.4, 0.5) is 5.69 Å². The fourth-order valence-electron chi connectivity index (χ4n) is 3.45. The predicted octanol–water partition coefficient (Wildman–Crippen LogP) is 3.85. The van der Waals surface area contributed by atoms with Crippen LogP contribution in [-0.2, 0) is 14.8 Å². The molecule has 0 saturated heterocycles. The Morgan fingerprint density at radius 1 is 0.882 bits per heavy atom. The van der Waals surface area contributed by atoms with Crippen molar-refractivity contribution in [2.75, 3.05) is 19.5 Å². The van der Waals surface area contributed by atoms with E-state index < -0.39 is 16.0 Å². The van der Waals surface area contributed by atoms with Crippen molar-refractivity contribution in [1.82, 2.24) is 0 Å². The van der Waals surface area contributed by atoms with Crippen LogP contribution in [0, 0.1) is 0 Å². The Bertz CT molecular complexity index is 1440. The highest BCUT2D eigenvalue weighted by molar-refractivity contribution is 7.90. The van der Waals surface area contributed by atoms with Gasteiger partial charge in [0.25, 0.3) is 10.0 Å². The third-order valence-electron chi connectivity index (χ3n) is 5.15. The number of benzene rings is 3. The highest BCUT2D eigenvalue weighted by Gasteiger charge is 2.27. The number of carbonyl (C=O) groups is 2. The number of fused-ring (bicyclic) bond motifs is 1. The van der Waals surface area contributed by atoms with Gasteiger partial charge in [-0.25, -0.2) is 4.79 Å². The molecule has 0 atom stereocenters. The minimum absolute atomic E-state index is 0.0193. The summed E-state index contributed by atoms with van der Waals surface area (Å²) in [6, 6.07) is 19.0. The molecule has 0 amide bonds. The molecule has 0 aromatic heterocycles. The van der Waals surface area contributed by atoms with E-state index in [2.05, 4.69) is 9.71 Å². The molecule has 0 aliphatic heterocycles. The summed E-state index contributed by atoms with van der Waals surface area (Å²) in [5.41, 5.74) is 1.39. The van der Waals surface area contributed by atoms with Crippen molar-refractivity contribution in [1.29, 1.82) is 0 Å². The molecular weight excluding hydrogens is 456 g/mol. The van der Waals surface area contributed by atoms with Crippen molar-refractivity contribution >= 4 is 33.2 Å². The van der Waals surface area contributed by atoms with Crippen LogP contribution in [0.3, 0.4) is 0 Å². The quantitative estimate of drug-likeness (QED) is 0.538. The lowest BCUT2D eigenvalue weighted by Crippen LogP contribution is -2.23. The summed E-state index contributed by atoms with van der Waals surface area (Å²) >= 11 is 0. The van der Waals surface area contributed by atoms with Crippen molar-refractivity contribution < 1.29 is 27.5 Å². The van der Waals surface area contributed by atoms with Crippen molar-refractivity contribution in [2.24, 2.45) is 4.40 Å². The number of nitrogens with zero attached hydrogens (tertiary/aromatic N) is 1. The Morgan fingerprint density at radius 2 is 1.53 bits per heavy atom. The molecule has 0 fully saturated rings. The largest absolute Gasteiger partial charge is 0.497 e. The Morgan fingerprint density at radius 3 is 2.21 bits per heavy atom. The van der Waals surface area contributed by atoms with Gasteiger partial charge in [0.05, 0.1) is 41.8 Å². The first-order valence-corrected chi connectivity index (χ1v) is 11.6. The lowest BCUT2D eigenvalue weighted by molar-refractivity contribution is 0.0601. The van der Waals surface area contributed by atoms with Gasteiger partial charge >= 0.3 is 5.97 Å². The van der Waals surface area contributed by atoms with E-state index in [9.17, 15) is 18.0 Å². The van der Waals surface area contributed by atoms with Gasteiger partial charge in [-0.1, -0.05) is 36.4 Å². The van der Waals surface area contributed by atoms with Crippen LogP contribution in [0.2, 0.25) is 0 Å². The number of hydrogen-bond donors (Lipinski definition) is 1. The van der Waals surface area contributed by atoms with E-state index in [4.69, 9.17) is 9.47 Å². The van der Waals surface area contributed by atoms with Crippen molar-refractivity contribution in [3.63, 3.8) is 0 Å². The summed E-state index contributed by atoms with van der Waals surface area (Å²) in [7, 11) is -1.35. The number of para-hydroxylation sites is 1. The molecule has 3 aromatic carbocycles. The molecule has 34 heavy (non-hydrogen) atoms. The number of esters is 1. The Labute approximate surface area is 196 Å². The molecule has 172 valence electrons. The maximum absolute atomic E-state index is 13.2. The van der Waals surface area contributed by atoms with Gasteiger partial charge < -0.3 is 14.8 Å². The van der Waals surface area contributed by atoms with Gasteiger partial charge in [0, 0.05) is 11.1 Å². The van der Waals surface area contributed by atoms with Gasteiger partial charge in [0.15, 0.2) is 0 Å². The summed E-state index contributed by atoms with van der Waals surface area (Å²) in [6.07, 6.45) is 1.36. The van der Waals surface area contributed by atoms with Crippen LogP contribution < -0.4 is 10.1 Å². The molecule has 0 radical (unpaired) electrons. The van der Waals surface area contributed by atoms with Crippen LogP contribution in [0.15, 0.2) is 93.9 Å². The van der Waals surface area contributed by atoms with Crippen LogP contribution >= 0.6 is 0 Å². The molecule has 1 aliphatic rings. The Hall–Kier alpha value is -4.24. The molecule has 3 aromatic rings. The number of hydrogen-bond acceptors (Lipinski definition) is 7. The summed E-state index contributed by atoms with van der Waals surface area (Å²) in [5, 5.41) is 2.94. The minimum Gasteiger partial charge on any atom is -0.497 e. The van der Waals surface area contributed by atoms with Gasteiger partial charge in [0.1, 0.15) is 5.75 Å². The van der Waals surface area contributed by atoms with E-state index in [0.29, 0.717) is 17.0 Å². The zero-order valence-electron chi connectivity index (χ0n) is 18.3. The number of carbonyl (C=O) groups excluding carboxylic acids is 2. The molecule has 0 spiro atoms. The van der Waals surface area contributed by atoms with E-state index in [0.717, 1.165) is 0 Å². The SMILES string of the molecule is COC(=O)c1ccccc1NC1=C/C(=N/S(=O)(=O)c2ccc(OC)cc2)c2ccccc2C1=O. The number of Topliss-reactive ketones (excluding diaryl/α,β-unsaturated/α-hetero) is 1. The smallest absolute Gasteiger partial charge is 0.339 e. The second-order valence-corrected chi connectivity index (χ2v) is 8.83. The fourth-order valence-corrected chi connectivity index (χ4v) is 4.45. The number of nitrogens with one attached hydrogen (secondary N) is 1. The number of allylic oxidation sites excluding steroid dienone is 2. The Balaban J connectivity index is 1.80. The molecule has 0 heterocycles. The van der Waals surface area contributed by atoms with Gasteiger partial charge in [0.2, 0.25) is 5.78 Å². The molecule has 0 unspecified atom stereocenters. The van der Waals surface area contributed by atoms with E-state index in [1.165, 1.54) is 44.6 Å². The number of ketones is 1. The molecule has 8 nitrogen and oxygen atoms in total. The standard InChI is InChI=1S/C25H20N2O6S/c1-32-16-11-13-17(14-12-16)34(30,31)27-22-15-23(24(28)19-8-4-3-7-18(19)22)26-21-10-6-5-9-20(21)25(29)33-2/h3-15,26H,1-2H3/b27-22-. The van der Waals surface area contributed by atoms with Crippen molar-refractivity contribution in [2.45, 2.75) is 4.90 Å². The fraction of sp³-hybridized carbons (Fsp3) is 0.0800. The average Bonchev–Trinajstić information content (AvgIpc) is 2.86. The highest BCUT2D eigenvalue weighted by Crippen LogP contribution is 2.27. The molecule has 1 aliphatic carbocycles. The zero-order valence-corrected chi connectivity index (χ0v) is 19.1. The maximum Gasteiger partial charge on any atom is 0.339 e. The van der Waals surface area contributed by atoms with Crippen molar-refractivity contribution in [3.8, 4) is 5.75 Å². The zero-order chi connectivity index (χ0) is 24.3. The Kier molecular flexibility index (Phi) is 6.29. The third kappa shape index (κ3) is 4.46. The van der Waals surface area contributed by atoms with Gasteiger partial charge in [-0.15, -0.1) is 0 Å². The number of methoxy groups -OCH3 is 2. The predicted molar refractivity (Wildman–Crippen MR) is 127 cm³/mol. The number of sulfonamides is 1. The molecule has 0 saturated carbocycles. The van der Waals surface area contributed by atoms with Crippen LogP contribution in [0.25, 0.3) is 0 Å². The van der Waals surface area contributed by atoms with E-state index in [1.807, 2.05) is 0 Å². The highest BCUT2D eigenvalue weighted by atomic mass is 32.2. The normalized spacial score (nSPS) is 14.2. The topological polar surface area (TPSA) is 111 Å². The minimum atomic E-state index is -4.09. The van der Waals surface area contributed by atoms with E-state index >= 15 is 0 Å². The summed E-state index contributed by atoms with van der Waals surface area (Å²) in [6.45, 7) is 0. The second kappa shape index (κ2) is 9.32. The first-order chi connectivity index (χ1) is 16.3. The van der Waals surface area contributed by atoms with E-state index in [-0.39, 0.29) is 33.2 Å². The molecule has 9 heteroatoms. The summed E-state index contributed by atoms with van der Waals surface area (Å²) in [4.78, 5) is 25.3. The van der Waals surface area contributed by atoms with Crippen LogP contribution in [0.1, 0.15) is 26.3 Å².